The average Bonchev–Trinajstić information content (AvgIpc) is 3.54. The van der Waals surface area contributed by atoms with E-state index in [0.717, 1.165) is 37.1 Å². The zero-order chi connectivity index (χ0) is 26.8. The molecule has 0 spiro atoms. The number of aliphatic hydroxyl groups excluding tert-OH is 1. The molecular formula is C27H27F3N4O4. The van der Waals surface area contributed by atoms with Gasteiger partial charge in [-0.2, -0.15) is 0 Å². The fourth-order valence-electron chi connectivity index (χ4n) is 3.62. The Labute approximate surface area is 217 Å². The number of aliphatic hydroxyl groups is 1. The van der Waals surface area contributed by atoms with Crippen LogP contribution in [-0.4, -0.2) is 38.1 Å². The SMILES string of the molecule is OCCn1cc(CCCCc2ccc(OCc3coc(C=Cc4ccc(OC(F)(F)F)cc4)n3)cc2)nn1. The van der Waals surface area contributed by atoms with E-state index < -0.39 is 6.36 Å². The molecule has 2 heterocycles. The summed E-state index contributed by atoms with van der Waals surface area (Å²) in [5.74, 6) is 0.788. The van der Waals surface area contributed by atoms with Gasteiger partial charge in [0, 0.05) is 12.3 Å². The molecule has 38 heavy (non-hydrogen) atoms. The van der Waals surface area contributed by atoms with Crippen LogP contribution in [0.3, 0.4) is 0 Å². The van der Waals surface area contributed by atoms with E-state index in [2.05, 4.69) is 20.0 Å². The second-order valence-electron chi connectivity index (χ2n) is 8.46. The number of hydrogen-bond acceptors (Lipinski definition) is 7. The molecule has 0 unspecified atom stereocenters. The number of ether oxygens (including phenoxy) is 2. The average molecular weight is 529 g/mol. The summed E-state index contributed by atoms with van der Waals surface area (Å²) >= 11 is 0. The van der Waals surface area contributed by atoms with Crippen molar-refractivity contribution in [3.05, 3.63) is 89.4 Å². The van der Waals surface area contributed by atoms with Gasteiger partial charge in [0.1, 0.15) is 30.1 Å². The van der Waals surface area contributed by atoms with Crippen molar-refractivity contribution in [3.8, 4) is 11.5 Å². The van der Waals surface area contributed by atoms with Crippen molar-refractivity contribution in [2.45, 2.75) is 45.2 Å². The van der Waals surface area contributed by atoms with Gasteiger partial charge in [-0.3, -0.25) is 0 Å². The minimum Gasteiger partial charge on any atom is -0.487 e. The summed E-state index contributed by atoms with van der Waals surface area (Å²) < 4.78 is 53.5. The van der Waals surface area contributed by atoms with Crippen molar-refractivity contribution in [2.24, 2.45) is 0 Å². The first-order valence-corrected chi connectivity index (χ1v) is 12.1. The highest BCUT2D eigenvalue weighted by molar-refractivity contribution is 5.66. The molecular weight excluding hydrogens is 501 g/mol. The number of nitrogens with zero attached hydrogens (tertiary/aromatic N) is 4. The summed E-state index contributed by atoms with van der Waals surface area (Å²) in [6.45, 7) is 0.741. The summed E-state index contributed by atoms with van der Waals surface area (Å²) in [5, 5.41) is 17.0. The van der Waals surface area contributed by atoms with Crippen molar-refractivity contribution in [2.75, 3.05) is 6.61 Å². The Balaban J connectivity index is 1.17. The lowest BCUT2D eigenvalue weighted by Crippen LogP contribution is -2.16. The van der Waals surface area contributed by atoms with Crippen molar-refractivity contribution >= 4 is 12.2 Å². The second kappa shape index (κ2) is 12.9. The van der Waals surface area contributed by atoms with E-state index in [1.165, 1.54) is 36.1 Å². The Kier molecular flexibility index (Phi) is 9.15. The van der Waals surface area contributed by atoms with Gasteiger partial charge in [-0.05, 0) is 67.2 Å². The molecule has 0 amide bonds. The second-order valence-corrected chi connectivity index (χ2v) is 8.46. The third-order valence-corrected chi connectivity index (χ3v) is 5.48. The van der Waals surface area contributed by atoms with Crippen LogP contribution >= 0.6 is 0 Å². The third-order valence-electron chi connectivity index (χ3n) is 5.48. The van der Waals surface area contributed by atoms with Gasteiger partial charge in [0.2, 0.25) is 5.89 Å². The number of unbranched alkanes of at least 4 members (excludes halogenated alkanes) is 1. The van der Waals surface area contributed by atoms with E-state index in [4.69, 9.17) is 14.3 Å². The lowest BCUT2D eigenvalue weighted by atomic mass is 10.1. The molecule has 2 aromatic heterocycles. The highest BCUT2D eigenvalue weighted by Gasteiger charge is 2.30. The Hall–Kier alpha value is -4.12. The van der Waals surface area contributed by atoms with Gasteiger partial charge in [0.25, 0.3) is 0 Å². The molecule has 2 aromatic carbocycles. The van der Waals surface area contributed by atoms with Crippen LogP contribution < -0.4 is 9.47 Å². The van der Waals surface area contributed by atoms with E-state index >= 15 is 0 Å². The molecule has 4 rings (SSSR count). The van der Waals surface area contributed by atoms with Gasteiger partial charge >= 0.3 is 6.36 Å². The van der Waals surface area contributed by atoms with Gasteiger partial charge in [0.05, 0.1) is 18.8 Å². The van der Waals surface area contributed by atoms with Crippen LogP contribution in [0.1, 0.15) is 41.2 Å². The molecule has 0 saturated heterocycles. The fraction of sp³-hybridized carbons (Fsp3) is 0.296. The lowest BCUT2D eigenvalue weighted by molar-refractivity contribution is -0.274. The summed E-state index contributed by atoms with van der Waals surface area (Å²) in [6.07, 6.45) is 5.76. The normalized spacial score (nSPS) is 11.8. The van der Waals surface area contributed by atoms with Crippen LogP contribution in [0.2, 0.25) is 0 Å². The minimum atomic E-state index is -4.72. The molecule has 8 nitrogen and oxygen atoms in total. The number of alkyl halides is 3. The van der Waals surface area contributed by atoms with Crippen molar-refractivity contribution < 1.29 is 32.2 Å². The first-order chi connectivity index (χ1) is 18.4. The predicted molar refractivity (Wildman–Crippen MR) is 133 cm³/mol. The molecule has 1 N–H and O–H groups in total. The van der Waals surface area contributed by atoms with E-state index in [-0.39, 0.29) is 19.0 Å². The smallest absolute Gasteiger partial charge is 0.487 e. The van der Waals surface area contributed by atoms with Crippen molar-refractivity contribution in [3.63, 3.8) is 0 Å². The Morgan fingerprint density at radius 2 is 1.66 bits per heavy atom. The first kappa shape index (κ1) is 26.9. The summed E-state index contributed by atoms with van der Waals surface area (Å²) in [6, 6.07) is 13.4. The van der Waals surface area contributed by atoms with E-state index in [0.29, 0.717) is 23.7 Å². The molecule has 0 aliphatic rings. The molecule has 0 radical (unpaired) electrons. The first-order valence-electron chi connectivity index (χ1n) is 12.1. The van der Waals surface area contributed by atoms with Gasteiger partial charge in [0.15, 0.2) is 0 Å². The molecule has 0 saturated carbocycles. The summed E-state index contributed by atoms with van der Waals surface area (Å²) in [7, 11) is 0. The summed E-state index contributed by atoms with van der Waals surface area (Å²) in [5.41, 5.74) is 3.43. The highest BCUT2D eigenvalue weighted by atomic mass is 19.4. The highest BCUT2D eigenvalue weighted by Crippen LogP contribution is 2.23. The molecule has 0 aliphatic heterocycles. The number of oxazole rings is 1. The standard InChI is InChI=1S/C27H27F3N4O4/c28-27(29,30)38-25-12-7-21(8-13-25)9-14-26-31-23(19-37-26)18-36-24-10-5-20(6-11-24)3-1-2-4-22-17-34(15-16-35)33-32-22/h5-14,17,19,35H,1-4,15-16,18H2. The topological polar surface area (TPSA) is 95.4 Å². The Morgan fingerprint density at radius 3 is 2.39 bits per heavy atom. The number of halogens is 3. The molecule has 4 aromatic rings. The van der Waals surface area contributed by atoms with Crippen molar-refractivity contribution in [1.29, 1.82) is 0 Å². The number of aryl methyl sites for hydroxylation is 2. The van der Waals surface area contributed by atoms with Crippen LogP contribution in [0.25, 0.3) is 12.2 Å². The molecule has 11 heteroatoms. The zero-order valence-corrected chi connectivity index (χ0v) is 20.5. The minimum absolute atomic E-state index is 0.0486. The Bertz CT molecular complexity index is 1300. The number of aromatic nitrogens is 4. The molecule has 0 fully saturated rings. The molecule has 0 atom stereocenters. The fourth-order valence-corrected chi connectivity index (χ4v) is 3.62. The van der Waals surface area contributed by atoms with E-state index in [9.17, 15) is 13.2 Å². The van der Waals surface area contributed by atoms with Gasteiger partial charge in [-0.15, -0.1) is 18.3 Å². The maximum Gasteiger partial charge on any atom is 0.573 e. The quantitative estimate of drug-likeness (QED) is 0.230. The van der Waals surface area contributed by atoms with Crippen LogP contribution in [0, 0.1) is 0 Å². The van der Waals surface area contributed by atoms with Crippen LogP contribution in [-0.2, 0) is 26.0 Å². The monoisotopic (exact) mass is 528 g/mol. The summed E-state index contributed by atoms with van der Waals surface area (Å²) in [4.78, 5) is 4.34. The largest absolute Gasteiger partial charge is 0.573 e. The number of benzene rings is 2. The van der Waals surface area contributed by atoms with Gasteiger partial charge in [-0.1, -0.05) is 29.5 Å². The molecule has 200 valence electrons. The molecule has 0 aliphatic carbocycles. The molecule has 0 bridgehead atoms. The van der Waals surface area contributed by atoms with E-state index in [1.807, 2.05) is 30.5 Å². The number of hydrogen-bond donors (Lipinski definition) is 1. The zero-order valence-electron chi connectivity index (χ0n) is 20.5. The van der Waals surface area contributed by atoms with Gasteiger partial charge < -0.3 is 19.0 Å². The maximum atomic E-state index is 12.3. The Morgan fingerprint density at radius 1 is 0.921 bits per heavy atom. The lowest BCUT2D eigenvalue weighted by Gasteiger charge is -2.08. The van der Waals surface area contributed by atoms with E-state index in [1.54, 1.807) is 16.8 Å². The predicted octanol–water partition coefficient (Wildman–Crippen LogP) is 5.47. The van der Waals surface area contributed by atoms with Crippen molar-refractivity contribution in [1.82, 2.24) is 20.0 Å². The number of rotatable bonds is 13. The maximum absolute atomic E-state index is 12.3. The van der Waals surface area contributed by atoms with Crippen LogP contribution in [0.4, 0.5) is 13.2 Å². The van der Waals surface area contributed by atoms with Crippen LogP contribution in [0.15, 0.2) is 65.4 Å². The van der Waals surface area contributed by atoms with Crippen LogP contribution in [0.5, 0.6) is 11.5 Å². The third kappa shape index (κ3) is 8.77. The van der Waals surface area contributed by atoms with Gasteiger partial charge in [-0.25, -0.2) is 9.67 Å².